The number of carbonyl (C=O) groups excluding carboxylic acids is 1. The normalized spacial score (nSPS) is 9.75. The number of nitrogens with one attached hydrogen (secondary N) is 2. The van der Waals surface area contributed by atoms with Gasteiger partial charge in [-0.2, -0.15) is 0 Å². The number of aromatic amines is 2. The van der Waals surface area contributed by atoms with Gasteiger partial charge in [0.05, 0.1) is 16.7 Å². The summed E-state index contributed by atoms with van der Waals surface area (Å²) in [5.41, 5.74) is -1.17. The summed E-state index contributed by atoms with van der Waals surface area (Å²) in [6, 6.07) is 3.60. The Balaban J connectivity index is 0.00000128. The van der Waals surface area contributed by atoms with E-state index in [2.05, 4.69) is 10.2 Å². The molecule has 1 heterocycles. The van der Waals surface area contributed by atoms with E-state index in [1.165, 1.54) is 12.1 Å². The molecule has 16 heavy (non-hydrogen) atoms. The van der Waals surface area contributed by atoms with E-state index in [1.807, 2.05) is 0 Å². The van der Waals surface area contributed by atoms with Crippen LogP contribution in [-0.2, 0) is 0 Å². The molecule has 0 bridgehead atoms. The Kier molecular flexibility index (Phi) is 2.91. The van der Waals surface area contributed by atoms with E-state index in [0.29, 0.717) is 0 Å². The second kappa shape index (κ2) is 3.99. The third kappa shape index (κ3) is 1.71. The average Bonchev–Trinajstić information content (AvgIpc) is 2.23. The molecule has 0 saturated carbocycles. The fourth-order valence-electron chi connectivity index (χ4n) is 1.31. The molecule has 0 fully saturated rings. The first-order valence-electron chi connectivity index (χ1n) is 4.05. The fourth-order valence-corrected chi connectivity index (χ4v) is 1.31. The third-order valence-corrected chi connectivity index (χ3v) is 2.03. The Morgan fingerprint density at radius 1 is 1.06 bits per heavy atom. The molecule has 0 atom stereocenters. The van der Waals surface area contributed by atoms with Crippen LogP contribution in [-0.4, -0.2) is 16.2 Å². The molecule has 0 amide bonds. The van der Waals surface area contributed by atoms with Gasteiger partial charge < -0.3 is 16.1 Å². The number of carboxylic acids is 1. The smallest absolute Gasteiger partial charge is 0.270 e. The molecule has 7 heteroatoms. The Bertz CT molecular complexity index is 656. The first-order valence-corrected chi connectivity index (χ1v) is 4.05. The average molecular weight is 223 g/mol. The van der Waals surface area contributed by atoms with Crippen LogP contribution >= 0.6 is 0 Å². The number of hydrogen-bond acceptors (Lipinski definition) is 4. The van der Waals surface area contributed by atoms with Crippen LogP contribution < -0.4 is 22.4 Å². The van der Waals surface area contributed by atoms with Gasteiger partial charge in [-0.05, 0) is 17.7 Å². The standard InChI is InChI=1S/C9H6N2O4.H3N/c12-7-5-2-1-4(9(14)15)3-6(5)8(13)11-10-7;/h1-3H,(H,10,12)(H,11,13)(H,14,15);1H3. The minimum Gasteiger partial charge on any atom is -0.545 e. The van der Waals surface area contributed by atoms with Crippen LogP contribution in [0.25, 0.3) is 10.8 Å². The van der Waals surface area contributed by atoms with Gasteiger partial charge in [0.2, 0.25) is 0 Å². The summed E-state index contributed by atoms with van der Waals surface area (Å²) in [5.74, 6) is -1.39. The molecule has 0 saturated heterocycles. The molecule has 7 nitrogen and oxygen atoms in total. The Morgan fingerprint density at radius 3 is 2.19 bits per heavy atom. The number of carboxylic acid groups (broad SMARTS) is 1. The minimum atomic E-state index is -1.39. The van der Waals surface area contributed by atoms with Gasteiger partial charge in [0.1, 0.15) is 0 Å². The van der Waals surface area contributed by atoms with Crippen molar-refractivity contribution in [2.75, 3.05) is 0 Å². The van der Waals surface area contributed by atoms with Gasteiger partial charge in [0.25, 0.3) is 11.1 Å². The summed E-state index contributed by atoms with van der Waals surface area (Å²) in [6.07, 6.45) is 0. The van der Waals surface area contributed by atoms with E-state index in [0.717, 1.165) is 6.07 Å². The van der Waals surface area contributed by atoms with Crippen LogP contribution in [0, 0.1) is 0 Å². The molecule has 1 aromatic carbocycles. The number of aromatic carboxylic acids is 1. The molecule has 1 aromatic heterocycles. The number of fused-ring (bicyclic) bond motifs is 1. The summed E-state index contributed by atoms with van der Waals surface area (Å²) >= 11 is 0. The van der Waals surface area contributed by atoms with Gasteiger partial charge in [0, 0.05) is 0 Å². The molecule has 0 radical (unpaired) electrons. The molecule has 0 spiro atoms. The molecule has 0 unspecified atom stereocenters. The van der Waals surface area contributed by atoms with Gasteiger partial charge in [-0.15, -0.1) is 0 Å². The number of rotatable bonds is 1. The van der Waals surface area contributed by atoms with Crippen molar-refractivity contribution in [1.82, 2.24) is 16.3 Å². The number of benzene rings is 1. The molecular formula is C9H9N3O4. The van der Waals surface area contributed by atoms with Gasteiger partial charge in [-0.3, -0.25) is 19.8 Å². The SMILES string of the molecule is O=C([O-])c1ccc2c(=O)[nH][nH]c(=O)c2c1.[NH4+]. The highest BCUT2D eigenvalue weighted by Crippen LogP contribution is 2.06. The van der Waals surface area contributed by atoms with Crippen LogP contribution in [0.15, 0.2) is 27.8 Å². The molecule has 0 aliphatic heterocycles. The van der Waals surface area contributed by atoms with E-state index >= 15 is 0 Å². The van der Waals surface area contributed by atoms with Gasteiger partial charge in [0.15, 0.2) is 0 Å². The minimum absolute atomic E-state index is 0. The largest absolute Gasteiger partial charge is 0.545 e. The van der Waals surface area contributed by atoms with E-state index in [9.17, 15) is 19.5 Å². The first kappa shape index (κ1) is 11.7. The van der Waals surface area contributed by atoms with Crippen molar-refractivity contribution in [2.24, 2.45) is 0 Å². The van der Waals surface area contributed by atoms with Crippen molar-refractivity contribution in [3.63, 3.8) is 0 Å². The zero-order valence-corrected chi connectivity index (χ0v) is 8.37. The highest BCUT2D eigenvalue weighted by atomic mass is 16.4. The van der Waals surface area contributed by atoms with Crippen molar-refractivity contribution in [3.8, 4) is 0 Å². The Labute approximate surface area is 88.3 Å². The van der Waals surface area contributed by atoms with E-state index in [-0.39, 0.29) is 22.5 Å². The lowest BCUT2D eigenvalue weighted by Crippen LogP contribution is -2.24. The van der Waals surface area contributed by atoms with Crippen LogP contribution in [0.1, 0.15) is 10.4 Å². The topological polar surface area (TPSA) is 142 Å². The number of hydrogen-bond donors (Lipinski definition) is 3. The number of aromatic nitrogens is 2. The summed E-state index contributed by atoms with van der Waals surface area (Å²) in [4.78, 5) is 33.0. The Morgan fingerprint density at radius 2 is 1.62 bits per heavy atom. The maximum atomic E-state index is 11.3. The molecular weight excluding hydrogens is 214 g/mol. The molecule has 2 rings (SSSR count). The van der Waals surface area contributed by atoms with Crippen molar-refractivity contribution in [2.45, 2.75) is 0 Å². The fraction of sp³-hybridized carbons (Fsp3) is 0. The number of carbonyl (C=O) groups is 1. The Hall–Kier alpha value is -2.41. The summed E-state index contributed by atoms with van der Waals surface area (Å²) in [7, 11) is 0. The maximum absolute atomic E-state index is 11.3. The number of H-pyrrole nitrogens is 2. The molecule has 0 aliphatic carbocycles. The maximum Gasteiger partial charge on any atom is 0.270 e. The second-order valence-electron chi connectivity index (χ2n) is 2.96. The second-order valence-corrected chi connectivity index (χ2v) is 2.96. The van der Waals surface area contributed by atoms with Crippen molar-refractivity contribution in [1.29, 1.82) is 0 Å². The lowest BCUT2D eigenvalue weighted by atomic mass is 10.1. The first-order chi connectivity index (χ1) is 7.09. The zero-order valence-electron chi connectivity index (χ0n) is 8.37. The molecule has 6 N–H and O–H groups in total. The highest BCUT2D eigenvalue weighted by Gasteiger charge is 2.03. The van der Waals surface area contributed by atoms with E-state index < -0.39 is 17.1 Å². The summed E-state index contributed by atoms with van der Waals surface area (Å²) < 4.78 is 0. The summed E-state index contributed by atoms with van der Waals surface area (Å²) in [5, 5.41) is 14.9. The predicted molar refractivity (Wildman–Crippen MR) is 55.5 cm³/mol. The van der Waals surface area contributed by atoms with Crippen LogP contribution in [0.4, 0.5) is 0 Å². The van der Waals surface area contributed by atoms with Crippen LogP contribution in [0.5, 0.6) is 0 Å². The monoisotopic (exact) mass is 223 g/mol. The zero-order chi connectivity index (χ0) is 11.0. The lowest BCUT2D eigenvalue weighted by Gasteiger charge is -2.02. The predicted octanol–water partition coefficient (Wildman–Crippen LogP) is -1.04. The van der Waals surface area contributed by atoms with E-state index in [1.54, 1.807) is 0 Å². The third-order valence-electron chi connectivity index (χ3n) is 2.03. The number of quaternary nitrogens is 1. The van der Waals surface area contributed by atoms with E-state index in [4.69, 9.17) is 0 Å². The van der Waals surface area contributed by atoms with Crippen LogP contribution in [0.2, 0.25) is 0 Å². The lowest BCUT2D eigenvalue weighted by molar-refractivity contribution is -0.255. The van der Waals surface area contributed by atoms with Gasteiger partial charge in [-0.1, -0.05) is 6.07 Å². The summed E-state index contributed by atoms with van der Waals surface area (Å²) in [6.45, 7) is 0. The van der Waals surface area contributed by atoms with Crippen molar-refractivity contribution < 1.29 is 9.90 Å². The van der Waals surface area contributed by atoms with Crippen molar-refractivity contribution >= 4 is 16.7 Å². The molecule has 2 aromatic rings. The van der Waals surface area contributed by atoms with Gasteiger partial charge >= 0.3 is 0 Å². The highest BCUT2D eigenvalue weighted by molar-refractivity contribution is 5.92. The van der Waals surface area contributed by atoms with Gasteiger partial charge in [-0.25, -0.2) is 0 Å². The molecule has 0 aliphatic rings. The van der Waals surface area contributed by atoms with Crippen molar-refractivity contribution in [3.05, 3.63) is 44.5 Å². The quantitative estimate of drug-likeness (QED) is 0.567. The van der Waals surface area contributed by atoms with Crippen LogP contribution in [0.3, 0.4) is 0 Å². The molecule has 84 valence electrons.